The Balaban J connectivity index is 1.49. The molecule has 3 aromatic rings. The Bertz CT molecular complexity index is 1260. The van der Waals surface area contributed by atoms with E-state index >= 15 is 0 Å². The number of anilines is 2. The Kier molecular flexibility index (Phi) is 4.68. The summed E-state index contributed by atoms with van der Waals surface area (Å²) in [6.45, 7) is 0.208. The van der Waals surface area contributed by atoms with Gasteiger partial charge in [0.2, 0.25) is 6.79 Å². The van der Waals surface area contributed by atoms with Gasteiger partial charge >= 0.3 is 0 Å². The fraction of sp³-hybridized carbons (Fsp3) is 0.192. The van der Waals surface area contributed by atoms with Gasteiger partial charge in [-0.1, -0.05) is 58.4 Å². The zero-order chi connectivity index (χ0) is 21.7. The van der Waals surface area contributed by atoms with Crippen LogP contribution in [0.4, 0.5) is 11.4 Å². The van der Waals surface area contributed by atoms with E-state index in [0.717, 1.165) is 39.1 Å². The maximum absolute atomic E-state index is 13.6. The fourth-order valence-electron chi connectivity index (χ4n) is 4.84. The molecular formula is C26H21BrN2O3. The lowest BCUT2D eigenvalue weighted by molar-refractivity contribution is -0.116. The maximum Gasteiger partial charge on any atom is 0.231 e. The number of nitrogens with one attached hydrogen (secondary N) is 2. The van der Waals surface area contributed by atoms with Gasteiger partial charge in [0.25, 0.3) is 0 Å². The number of carbonyl (C=O) groups is 1. The molecule has 0 fully saturated rings. The number of ether oxygens (including phenoxy) is 2. The molecule has 0 saturated heterocycles. The smallest absolute Gasteiger partial charge is 0.231 e. The number of carbonyl (C=O) groups excluding carboxylic acids is 1. The van der Waals surface area contributed by atoms with Crippen LogP contribution in [0.5, 0.6) is 11.5 Å². The molecular weight excluding hydrogens is 468 g/mol. The molecule has 2 aliphatic heterocycles. The van der Waals surface area contributed by atoms with Crippen LogP contribution in [0, 0.1) is 0 Å². The van der Waals surface area contributed by atoms with Crippen molar-refractivity contribution < 1.29 is 14.3 Å². The van der Waals surface area contributed by atoms with Gasteiger partial charge < -0.3 is 20.1 Å². The van der Waals surface area contributed by atoms with E-state index in [-0.39, 0.29) is 24.5 Å². The number of fused-ring (bicyclic) bond motifs is 2. The molecule has 3 aromatic carbocycles. The Labute approximate surface area is 194 Å². The first-order valence-corrected chi connectivity index (χ1v) is 11.5. The van der Waals surface area contributed by atoms with Crippen molar-refractivity contribution in [1.29, 1.82) is 0 Å². The van der Waals surface area contributed by atoms with Gasteiger partial charge in [-0.25, -0.2) is 0 Å². The number of allylic oxidation sites excluding steroid dienone is 1. The van der Waals surface area contributed by atoms with E-state index in [1.54, 1.807) is 0 Å². The fourth-order valence-corrected chi connectivity index (χ4v) is 5.39. The summed E-state index contributed by atoms with van der Waals surface area (Å²) in [5.74, 6) is 1.72. The van der Waals surface area contributed by atoms with Gasteiger partial charge in [0.1, 0.15) is 0 Å². The van der Waals surface area contributed by atoms with E-state index in [2.05, 4.69) is 38.7 Å². The largest absolute Gasteiger partial charge is 0.454 e. The standard InChI is InChI=1S/C26H21BrN2O3/c27-18-13-24-23(31-14-32-24)12-17(18)26-25-21(28-19-8-4-5-9-20(19)29-26)10-16(11-22(25)30)15-6-2-1-3-7-15/h1-9,12-13,16,26,28-29H,10-11,14H2. The van der Waals surface area contributed by atoms with Crippen molar-refractivity contribution in [3.8, 4) is 11.5 Å². The minimum absolute atomic E-state index is 0.154. The average Bonchev–Trinajstić information content (AvgIpc) is 3.18. The summed E-state index contributed by atoms with van der Waals surface area (Å²) < 4.78 is 12.0. The maximum atomic E-state index is 13.6. The molecule has 2 heterocycles. The molecule has 0 saturated carbocycles. The van der Waals surface area contributed by atoms with Crippen molar-refractivity contribution in [1.82, 2.24) is 0 Å². The predicted octanol–water partition coefficient (Wildman–Crippen LogP) is 6.16. The predicted molar refractivity (Wildman–Crippen MR) is 127 cm³/mol. The van der Waals surface area contributed by atoms with E-state index in [0.29, 0.717) is 17.9 Å². The molecule has 0 aromatic heterocycles. The van der Waals surface area contributed by atoms with Gasteiger partial charge in [-0.15, -0.1) is 0 Å². The van der Waals surface area contributed by atoms with E-state index in [1.807, 2.05) is 54.6 Å². The second-order valence-corrected chi connectivity index (χ2v) is 9.16. The molecule has 2 unspecified atom stereocenters. The lowest BCUT2D eigenvalue weighted by Gasteiger charge is -2.30. The van der Waals surface area contributed by atoms with Crippen molar-refractivity contribution in [2.75, 3.05) is 17.4 Å². The van der Waals surface area contributed by atoms with Gasteiger partial charge in [0.15, 0.2) is 17.3 Å². The second-order valence-electron chi connectivity index (χ2n) is 8.31. The van der Waals surface area contributed by atoms with Gasteiger partial charge in [-0.2, -0.15) is 0 Å². The van der Waals surface area contributed by atoms with E-state index in [4.69, 9.17) is 9.47 Å². The van der Waals surface area contributed by atoms with Gasteiger partial charge in [-0.05, 0) is 47.7 Å². The molecule has 1 aliphatic carbocycles. The highest BCUT2D eigenvalue weighted by atomic mass is 79.9. The van der Waals surface area contributed by atoms with Crippen LogP contribution in [0.3, 0.4) is 0 Å². The first-order valence-electron chi connectivity index (χ1n) is 10.7. The lowest BCUT2D eigenvalue weighted by Crippen LogP contribution is -2.27. The molecule has 32 heavy (non-hydrogen) atoms. The third-order valence-corrected chi connectivity index (χ3v) is 7.07. The normalized spacial score (nSPS) is 21.2. The van der Waals surface area contributed by atoms with Crippen LogP contribution in [-0.2, 0) is 4.79 Å². The molecule has 0 amide bonds. The van der Waals surface area contributed by atoms with E-state index < -0.39 is 0 Å². The van der Waals surface area contributed by atoms with E-state index in [1.165, 1.54) is 5.56 Å². The van der Waals surface area contributed by atoms with Crippen LogP contribution in [0.15, 0.2) is 82.5 Å². The van der Waals surface area contributed by atoms with Crippen molar-refractivity contribution >= 4 is 33.1 Å². The highest BCUT2D eigenvalue weighted by molar-refractivity contribution is 9.10. The monoisotopic (exact) mass is 488 g/mol. The first kappa shape index (κ1) is 19.4. The molecule has 3 aliphatic rings. The van der Waals surface area contributed by atoms with Crippen LogP contribution in [0.2, 0.25) is 0 Å². The molecule has 0 radical (unpaired) electrons. The quantitative estimate of drug-likeness (QED) is 0.452. The van der Waals surface area contributed by atoms with Crippen LogP contribution in [0.25, 0.3) is 0 Å². The number of Topliss-reactive ketones (excluding diaryl/α,β-unsaturated/α-hetero) is 1. The number of rotatable bonds is 2. The number of para-hydroxylation sites is 2. The molecule has 160 valence electrons. The van der Waals surface area contributed by atoms with Gasteiger partial charge in [0.05, 0.1) is 17.4 Å². The summed E-state index contributed by atoms with van der Waals surface area (Å²) in [6.07, 6.45) is 1.26. The van der Waals surface area contributed by atoms with Crippen molar-refractivity contribution in [2.45, 2.75) is 24.8 Å². The summed E-state index contributed by atoms with van der Waals surface area (Å²) in [5, 5.41) is 7.21. The topological polar surface area (TPSA) is 59.6 Å². The molecule has 2 N–H and O–H groups in total. The third-order valence-electron chi connectivity index (χ3n) is 6.38. The zero-order valence-electron chi connectivity index (χ0n) is 17.2. The summed E-state index contributed by atoms with van der Waals surface area (Å²) in [6, 6.07) is 22.0. The Morgan fingerprint density at radius 3 is 2.41 bits per heavy atom. The minimum atomic E-state index is -0.311. The van der Waals surface area contributed by atoms with E-state index in [9.17, 15) is 4.79 Å². The molecule has 6 heteroatoms. The van der Waals surface area contributed by atoms with Gasteiger partial charge in [0, 0.05) is 22.2 Å². The SMILES string of the molecule is O=C1CC(c2ccccc2)CC2=C1C(c1cc3c(cc1Br)OCO3)Nc1ccccc1N2. The molecule has 0 spiro atoms. The summed E-state index contributed by atoms with van der Waals surface area (Å²) in [4.78, 5) is 13.6. The highest BCUT2D eigenvalue weighted by Crippen LogP contribution is 2.47. The number of hydrogen-bond acceptors (Lipinski definition) is 5. The number of hydrogen-bond donors (Lipinski definition) is 2. The number of halogens is 1. The van der Waals surface area contributed by atoms with Crippen LogP contribution in [0.1, 0.15) is 35.9 Å². The first-order chi connectivity index (χ1) is 15.7. The average molecular weight is 489 g/mol. The zero-order valence-corrected chi connectivity index (χ0v) is 18.8. The lowest BCUT2D eigenvalue weighted by atomic mass is 9.78. The Hall–Kier alpha value is -3.25. The minimum Gasteiger partial charge on any atom is -0.454 e. The molecule has 6 rings (SSSR count). The van der Waals surface area contributed by atoms with Crippen molar-refractivity contribution in [3.63, 3.8) is 0 Å². The molecule has 2 atom stereocenters. The third kappa shape index (κ3) is 3.26. The summed E-state index contributed by atoms with van der Waals surface area (Å²) in [5.41, 5.74) is 5.84. The van der Waals surface area contributed by atoms with Crippen molar-refractivity contribution in [2.24, 2.45) is 0 Å². The molecule has 0 bridgehead atoms. The molecule has 5 nitrogen and oxygen atoms in total. The summed E-state index contributed by atoms with van der Waals surface area (Å²) >= 11 is 3.71. The van der Waals surface area contributed by atoms with Crippen molar-refractivity contribution in [3.05, 3.63) is 93.6 Å². The Morgan fingerprint density at radius 2 is 1.59 bits per heavy atom. The van der Waals surface area contributed by atoms with Crippen LogP contribution in [-0.4, -0.2) is 12.6 Å². The highest BCUT2D eigenvalue weighted by Gasteiger charge is 2.37. The number of benzene rings is 3. The van der Waals surface area contributed by atoms with Crippen LogP contribution >= 0.6 is 15.9 Å². The summed E-state index contributed by atoms with van der Waals surface area (Å²) in [7, 11) is 0. The van der Waals surface area contributed by atoms with Crippen LogP contribution < -0.4 is 20.1 Å². The number of ketones is 1. The van der Waals surface area contributed by atoms with Gasteiger partial charge in [-0.3, -0.25) is 4.79 Å². The second kappa shape index (κ2) is 7.71. The Morgan fingerprint density at radius 1 is 0.875 bits per heavy atom.